The van der Waals surface area contributed by atoms with Crippen molar-refractivity contribution in [3.63, 3.8) is 0 Å². The maximum atomic E-state index is 13.3. The Labute approximate surface area is 208 Å². The fraction of sp³-hybridized carbons (Fsp3) is 0.185. The van der Waals surface area contributed by atoms with Gasteiger partial charge in [0.25, 0.3) is 5.91 Å². The van der Waals surface area contributed by atoms with Gasteiger partial charge in [0.2, 0.25) is 0 Å². The number of amides is 1. The molecule has 8 heteroatoms. The summed E-state index contributed by atoms with van der Waals surface area (Å²) in [6.45, 7) is 5.29. The summed E-state index contributed by atoms with van der Waals surface area (Å²) in [4.78, 5) is 14.3. The molecule has 0 spiro atoms. The molecule has 0 bridgehead atoms. The lowest BCUT2D eigenvalue weighted by Crippen LogP contribution is -2.30. The molecule has 1 aliphatic heterocycles. The van der Waals surface area contributed by atoms with E-state index in [1.54, 1.807) is 6.08 Å². The fourth-order valence-electron chi connectivity index (χ4n) is 3.57. The second-order valence-electron chi connectivity index (χ2n) is 7.61. The van der Waals surface area contributed by atoms with Gasteiger partial charge in [-0.3, -0.25) is 9.69 Å². The van der Waals surface area contributed by atoms with Crippen molar-refractivity contribution >= 4 is 35.0 Å². The van der Waals surface area contributed by atoms with Crippen molar-refractivity contribution in [2.45, 2.75) is 20.5 Å². The average Bonchev–Trinajstić information content (AvgIpc) is 3.13. The molecule has 4 rings (SSSR count). The Balaban J connectivity index is 1.47. The summed E-state index contributed by atoms with van der Waals surface area (Å²) in [6, 6.07) is 18.7. The first-order valence-electron chi connectivity index (χ1n) is 11.2. The van der Waals surface area contributed by atoms with Crippen molar-refractivity contribution in [3.05, 3.63) is 89.4 Å². The maximum absolute atomic E-state index is 13.3. The Bertz CT molecular complexity index is 1260. The number of rotatable bonds is 9. The van der Waals surface area contributed by atoms with Crippen LogP contribution in [0.3, 0.4) is 0 Å². The lowest BCUT2D eigenvalue weighted by Gasteiger charge is -2.13. The molecule has 3 aromatic carbocycles. The lowest BCUT2D eigenvalue weighted by molar-refractivity contribution is -0.113. The number of hydrogen-bond donors (Lipinski definition) is 1. The number of thiocarbonyl (C=S) groups is 1. The number of ether oxygens (including phenoxy) is 3. The number of halogens is 1. The molecule has 1 saturated heterocycles. The summed E-state index contributed by atoms with van der Waals surface area (Å²) in [6.07, 6.45) is 1.70. The largest absolute Gasteiger partial charge is 0.490 e. The average molecular weight is 493 g/mol. The van der Waals surface area contributed by atoms with E-state index in [0.717, 1.165) is 11.1 Å². The van der Waals surface area contributed by atoms with Gasteiger partial charge in [-0.2, -0.15) is 0 Å². The number of hydrogen-bond acceptors (Lipinski definition) is 5. The van der Waals surface area contributed by atoms with Crippen molar-refractivity contribution in [3.8, 4) is 17.2 Å². The Morgan fingerprint density at radius 3 is 2.43 bits per heavy atom. The molecule has 0 atom stereocenters. The second-order valence-corrected chi connectivity index (χ2v) is 8.00. The Morgan fingerprint density at radius 1 is 0.943 bits per heavy atom. The number of anilines is 1. The third-order valence-corrected chi connectivity index (χ3v) is 5.43. The smallest absolute Gasteiger partial charge is 0.281 e. The van der Waals surface area contributed by atoms with E-state index in [-0.39, 0.29) is 16.8 Å². The topological polar surface area (TPSA) is 60.0 Å². The van der Waals surface area contributed by atoms with Crippen LogP contribution in [-0.2, 0) is 11.4 Å². The van der Waals surface area contributed by atoms with Gasteiger partial charge in [-0.1, -0.05) is 18.2 Å². The zero-order chi connectivity index (χ0) is 24.8. The maximum Gasteiger partial charge on any atom is 0.281 e. The zero-order valence-electron chi connectivity index (χ0n) is 19.4. The van der Waals surface area contributed by atoms with E-state index in [9.17, 15) is 9.18 Å². The predicted octanol–water partition coefficient (Wildman–Crippen LogP) is 5.46. The van der Waals surface area contributed by atoms with Crippen LogP contribution in [0.4, 0.5) is 10.1 Å². The zero-order valence-corrected chi connectivity index (χ0v) is 20.2. The minimum Gasteiger partial charge on any atom is -0.490 e. The highest BCUT2D eigenvalue weighted by atomic mass is 32.1. The van der Waals surface area contributed by atoms with Crippen LogP contribution in [0.15, 0.2) is 72.4 Å². The van der Waals surface area contributed by atoms with Gasteiger partial charge in [-0.25, -0.2) is 4.39 Å². The third-order valence-electron chi connectivity index (χ3n) is 5.15. The molecule has 1 aliphatic rings. The van der Waals surface area contributed by atoms with E-state index in [0.29, 0.717) is 48.5 Å². The third kappa shape index (κ3) is 5.78. The van der Waals surface area contributed by atoms with Gasteiger partial charge in [-0.05, 0) is 91.8 Å². The van der Waals surface area contributed by atoms with E-state index in [1.807, 2.05) is 56.3 Å². The van der Waals surface area contributed by atoms with Gasteiger partial charge >= 0.3 is 0 Å². The van der Waals surface area contributed by atoms with E-state index in [4.69, 9.17) is 26.4 Å². The fourth-order valence-corrected chi connectivity index (χ4v) is 3.87. The van der Waals surface area contributed by atoms with E-state index < -0.39 is 0 Å². The molecular formula is C27H25FN2O4S. The summed E-state index contributed by atoms with van der Waals surface area (Å²) in [5, 5.41) is 3.17. The summed E-state index contributed by atoms with van der Waals surface area (Å²) in [5.41, 5.74) is 2.53. The number of nitrogens with zero attached hydrogens (tertiary/aromatic N) is 1. The van der Waals surface area contributed by atoms with Crippen molar-refractivity contribution in [1.82, 2.24) is 5.32 Å². The van der Waals surface area contributed by atoms with Crippen molar-refractivity contribution in [2.24, 2.45) is 0 Å². The first kappa shape index (κ1) is 24.2. The normalized spacial score (nSPS) is 14.3. The second kappa shape index (κ2) is 11.0. The highest BCUT2D eigenvalue weighted by Gasteiger charge is 2.31. The quantitative estimate of drug-likeness (QED) is 0.316. The van der Waals surface area contributed by atoms with Gasteiger partial charge in [0.1, 0.15) is 23.9 Å². The number of carbonyl (C=O) groups excluding carboxylic acids is 1. The monoisotopic (exact) mass is 492 g/mol. The number of carbonyl (C=O) groups is 1. The van der Waals surface area contributed by atoms with Crippen LogP contribution in [0, 0.1) is 5.82 Å². The molecule has 1 fully saturated rings. The molecule has 6 nitrogen and oxygen atoms in total. The molecular weight excluding hydrogens is 467 g/mol. The Kier molecular flexibility index (Phi) is 7.62. The highest BCUT2D eigenvalue weighted by molar-refractivity contribution is 7.80. The van der Waals surface area contributed by atoms with Crippen LogP contribution in [0.1, 0.15) is 25.0 Å². The SMILES string of the molecule is CCOc1ccc(COc2cccc(/C=C3/NC(=S)N(c4ccc(F)cc4)C3=O)c2)cc1OCC. The first-order valence-corrected chi connectivity index (χ1v) is 11.6. The number of benzene rings is 3. The summed E-state index contributed by atoms with van der Waals surface area (Å²) in [7, 11) is 0. The molecule has 0 aromatic heterocycles. The van der Waals surface area contributed by atoms with E-state index in [1.165, 1.54) is 29.2 Å². The van der Waals surface area contributed by atoms with Crippen LogP contribution in [0.2, 0.25) is 0 Å². The molecule has 35 heavy (non-hydrogen) atoms. The summed E-state index contributed by atoms with van der Waals surface area (Å²) < 4.78 is 30.5. The summed E-state index contributed by atoms with van der Waals surface area (Å²) >= 11 is 5.32. The molecule has 1 N–H and O–H groups in total. The molecule has 0 saturated carbocycles. The molecule has 0 radical (unpaired) electrons. The van der Waals surface area contributed by atoms with Gasteiger partial charge in [-0.15, -0.1) is 0 Å². The van der Waals surface area contributed by atoms with Crippen molar-refractivity contribution in [1.29, 1.82) is 0 Å². The molecule has 1 heterocycles. The van der Waals surface area contributed by atoms with Crippen LogP contribution >= 0.6 is 12.2 Å². The van der Waals surface area contributed by atoms with E-state index >= 15 is 0 Å². The van der Waals surface area contributed by atoms with Gasteiger partial charge in [0.05, 0.1) is 18.9 Å². The molecule has 180 valence electrons. The minimum absolute atomic E-state index is 0.237. The highest BCUT2D eigenvalue weighted by Crippen LogP contribution is 2.29. The molecule has 0 unspecified atom stereocenters. The van der Waals surface area contributed by atoms with Gasteiger partial charge < -0.3 is 19.5 Å². The van der Waals surface area contributed by atoms with Crippen LogP contribution in [-0.4, -0.2) is 24.2 Å². The molecule has 1 amide bonds. The number of nitrogens with one attached hydrogen (secondary N) is 1. The van der Waals surface area contributed by atoms with Crippen molar-refractivity contribution < 1.29 is 23.4 Å². The lowest BCUT2D eigenvalue weighted by atomic mass is 10.1. The van der Waals surface area contributed by atoms with Crippen molar-refractivity contribution in [2.75, 3.05) is 18.1 Å². The Hall–Kier alpha value is -3.91. The Morgan fingerprint density at radius 2 is 1.69 bits per heavy atom. The predicted molar refractivity (Wildman–Crippen MR) is 137 cm³/mol. The standard InChI is InChI=1S/C27H25FN2O4S/c1-3-32-24-13-8-19(16-25(24)33-4-2)17-34-22-7-5-6-18(14-22)15-23-26(31)30(27(35)29-23)21-11-9-20(28)10-12-21/h5-16H,3-4,17H2,1-2H3,(H,29,35)/b23-15+. The first-order chi connectivity index (χ1) is 17.0. The molecule has 0 aliphatic carbocycles. The summed E-state index contributed by atoms with van der Waals surface area (Å²) in [5.74, 6) is 1.33. The van der Waals surface area contributed by atoms with Gasteiger partial charge in [0, 0.05) is 0 Å². The van der Waals surface area contributed by atoms with Crippen LogP contribution in [0.5, 0.6) is 17.2 Å². The molecule has 3 aromatic rings. The van der Waals surface area contributed by atoms with Crippen LogP contribution in [0.25, 0.3) is 6.08 Å². The minimum atomic E-state index is -0.383. The van der Waals surface area contributed by atoms with Crippen LogP contribution < -0.4 is 24.4 Å². The van der Waals surface area contributed by atoms with E-state index in [2.05, 4.69) is 5.32 Å². The van der Waals surface area contributed by atoms with Gasteiger partial charge in [0.15, 0.2) is 16.6 Å².